The van der Waals surface area contributed by atoms with Crippen LogP contribution in [-0.2, 0) is 19.9 Å². The van der Waals surface area contributed by atoms with Crippen molar-refractivity contribution >= 4 is 23.7 Å². The van der Waals surface area contributed by atoms with E-state index in [1.54, 1.807) is 61.5 Å². The molecule has 28 heavy (non-hydrogen) atoms. The minimum absolute atomic E-state index is 0.333. The molecule has 1 N–H and O–H groups in total. The number of imide groups is 1. The number of nitrogens with one attached hydrogen (secondary N) is 1. The van der Waals surface area contributed by atoms with E-state index in [0.29, 0.717) is 17.5 Å². The van der Waals surface area contributed by atoms with Gasteiger partial charge in [-0.05, 0) is 12.0 Å². The third-order valence-electron chi connectivity index (χ3n) is 4.72. The highest BCUT2D eigenvalue weighted by atomic mass is 16.5. The molecule has 7 nitrogen and oxygen atoms in total. The lowest BCUT2D eigenvalue weighted by molar-refractivity contribution is -0.147. The number of ether oxygens (including phenoxy) is 1. The van der Waals surface area contributed by atoms with E-state index in [2.05, 4.69) is 5.32 Å². The molecule has 3 rings (SSSR count). The van der Waals surface area contributed by atoms with Crippen LogP contribution in [0.25, 0.3) is 0 Å². The molecule has 1 atom stereocenters. The highest BCUT2D eigenvalue weighted by molar-refractivity contribution is 6.09. The van der Waals surface area contributed by atoms with Crippen molar-refractivity contribution in [1.82, 2.24) is 10.2 Å². The highest BCUT2D eigenvalue weighted by Crippen LogP contribution is 2.32. The molecular formula is C21H20N2O5. The second-order valence-electron chi connectivity index (χ2n) is 6.40. The molecule has 0 bridgehead atoms. The van der Waals surface area contributed by atoms with Crippen LogP contribution >= 0.6 is 0 Å². The summed E-state index contributed by atoms with van der Waals surface area (Å²) in [6, 6.07) is 16.6. The maximum absolute atomic E-state index is 12.9. The zero-order valence-corrected chi connectivity index (χ0v) is 15.4. The lowest BCUT2D eigenvalue weighted by atomic mass is 9.87. The Hall–Kier alpha value is -3.48. The molecule has 1 aliphatic heterocycles. The number of esters is 1. The van der Waals surface area contributed by atoms with Crippen molar-refractivity contribution in [3.8, 4) is 0 Å². The van der Waals surface area contributed by atoms with Gasteiger partial charge in [0.2, 0.25) is 0 Å². The fourth-order valence-electron chi connectivity index (χ4n) is 3.16. The van der Waals surface area contributed by atoms with Crippen molar-refractivity contribution in [1.29, 1.82) is 0 Å². The topological polar surface area (TPSA) is 92.8 Å². The summed E-state index contributed by atoms with van der Waals surface area (Å²) in [4.78, 5) is 50.2. The van der Waals surface area contributed by atoms with Gasteiger partial charge < -0.3 is 10.1 Å². The lowest BCUT2D eigenvalue weighted by Crippen LogP contribution is -2.44. The van der Waals surface area contributed by atoms with E-state index in [1.807, 2.05) is 6.07 Å². The smallest absolute Gasteiger partial charge is 0.326 e. The van der Waals surface area contributed by atoms with Gasteiger partial charge >= 0.3 is 12.0 Å². The van der Waals surface area contributed by atoms with Crippen LogP contribution in [0, 0.1) is 0 Å². The van der Waals surface area contributed by atoms with Crippen molar-refractivity contribution in [2.24, 2.45) is 0 Å². The van der Waals surface area contributed by atoms with Crippen molar-refractivity contribution < 1.29 is 23.9 Å². The SMILES string of the molecule is CCC1(c2ccccc2)NC(=O)N(CC(=O)OCC(=O)c2ccccc2)C1=O. The van der Waals surface area contributed by atoms with Gasteiger partial charge in [-0.25, -0.2) is 4.79 Å². The first kappa shape index (κ1) is 19.3. The molecule has 0 spiro atoms. The van der Waals surface area contributed by atoms with E-state index in [1.165, 1.54) is 0 Å². The molecule has 1 fully saturated rings. The summed E-state index contributed by atoms with van der Waals surface area (Å²) < 4.78 is 4.96. The average Bonchev–Trinajstić information content (AvgIpc) is 2.98. The first-order chi connectivity index (χ1) is 13.5. The van der Waals surface area contributed by atoms with Gasteiger partial charge in [0.15, 0.2) is 12.4 Å². The van der Waals surface area contributed by atoms with Gasteiger partial charge in [-0.2, -0.15) is 0 Å². The number of carbonyl (C=O) groups is 4. The van der Waals surface area contributed by atoms with Crippen LogP contribution in [0.15, 0.2) is 60.7 Å². The number of rotatable bonds is 7. The molecule has 0 saturated carbocycles. The first-order valence-electron chi connectivity index (χ1n) is 8.91. The van der Waals surface area contributed by atoms with E-state index in [4.69, 9.17) is 4.74 Å². The minimum Gasteiger partial charge on any atom is -0.456 e. The van der Waals surface area contributed by atoms with Crippen LogP contribution in [0.1, 0.15) is 29.3 Å². The van der Waals surface area contributed by atoms with Crippen molar-refractivity contribution in [3.63, 3.8) is 0 Å². The van der Waals surface area contributed by atoms with Gasteiger partial charge in [0.25, 0.3) is 5.91 Å². The summed E-state index contributed by atoms with van der Waals surface area (Å²) in [5, 5.41) is 2.69. The molecule has 0 aliphatic carbocycles. The van der Waals surface area contributed by atoms with Gasteiger partial charge in [-0.3, -0.25) is 19.3 Å². The summed E-state index contributed by atoms with van der Waals surface area (Å²) in [5.74, 6) is -1.70. The summed E-state index contributed by atoms with van der Waals surface area (Å²) >= 11 is 0. The number of carbonyl (C=O) groups excluding carboxylic acids is 4. The van der Waals surface area contributed by atoms with E-state index in [0.717, 1.165) is 4.90 Å². The number of ketones is 1. The molecule has 7 heteroatoms. The van der Waals surface area contributed by atoms with Gasteiger partial charge in [0, 0.05) is 5.56 Å². The van der Waals surface area contributed by atoms with Gasteiger partial charge in [-0.1, -0.05) is 67.6 Å². The Labute approximate surface area is 162 Å². The molecule has 0 aromatic heterocycles. The summed E-state index contributed by atoms with van der Waals surface area (Å²) in [7, 11) is 0. The van der Waals surface area contributed by atoms with Crippen molar-refractivity contribution in [2.45, 2.75) is 18.9 Å². The summed E-state index contributed by atoms with van der Waals surface area (Å²) in [6.07, 6.45) is 0.333. The van der Waals surface area contributed by atoms with E-state index in [9.17, 15) is 19.2 Å². The number of Topliss-reactive ketones (excluding diaryl/α,β-unsaturated/α-hetero) is 1. The van der Waals surface area contributed by atoms with Crippen LogP contribution in [0.4, 0.5) is 4.79 Å². The predicted octanol–water partition coefficient (Wildman–Crippen LogP) is 2.27. The van der Waals surface area contributed by atoms with Crippen molar-refractivity contribution in [2.75, 3.05) is 13.2 Å². The molecule has 1 unspecified atom stereocenters. The summed E-state index contributed by atoms with van der Waals surface area (Å²) in [6.45, 7) is 0.775. The van der Waals surface area contributed by atoms with Crippen LogP contribution in [0.2, 0.25) is 0 Å². The van der Waals surface area contributed by atoms with Crippen LogP contribution < -0.4 is 5.32 Å². The molecule has 2 aromatic carbocycles. The third-order valence-corrected chi connectivity index (χ3v) is 4.72. The maximum Gasteiger partial charge on any atom is 0.326 e. The molecule has 2 aromatic rings. The van der Waals surface area contributed by atoms with Crippen LogP contribution in [-0.4, -0.2) is 41.7 Å². The van der Waals surface area contributed by atoms with E-state index >= 15 is 0 Å². The molecular weight excluding hydrogens is 360 g/mol. The lowest BCUT2D eigenvalue weighted by Gasteiger charge is -2.25. The first-order valence-corrected chi connectivity index (χ1v) is 8.91. The number of amides is 3. The zero-order chi connectivity index (χ0) is 20.1. The van der Waals surface area contributed by atoms with Gasteiger partial charge in [-0.15, -0.1) is 0 Å². The van der Waals surface area contributed by atoms with Gasteiger partial charge in [0.1, 0.15) is 12.1 Å². The fraction of sp³-hybridized carbons (Fsp3) is 0.238. The van der Waals surface area contributed by atoms with E-state index in [-0.39, 0.29) is 5.78 Å². The third kappa shape index (κ3) is 3.64. The number of nitrogens with zero attached hydrogens (tertiary/aromatic N) is 1. The predicted molar refractivity (Wildman–Crippen MR) is 100 cm³/mol. The van der Waals surface area contributed by atoms with E-state index < -0.39 is 36.6 Å². The zero-order valence-electron chi connectivity index (χ0n) is 15.4. The van der Waals surface area contributed by atoms with Crippen molar-refractivity contribution in [3.05, 3.63) is 71.8 Å². The Kier molecular flexibility index (Phi) is 5.54. The Morgan fingerprint density at radius 2 is 1.61 bits per heavy atom. The number of hydrogen-bond acceptors (Lipinski definition) is 5. The van der Waals surface area contributed by atoms with Crippen LogP contribution in [0.5, 0.6) is 0 Å². The van der Waals surface area contributed by atoms with Crippen LogP contribution in [0.3, 0.4) is 0 Å². The molecule has 3 amide bonds. The number of urea groups is 1. The maximum atomic E-state index is 12.9. The quantitative estimate of drug-likeness (QED) is 0.452. The fourth-order valence-corrected chi connectivity index (χ4v) is 3.16. The second-order valence-corrected chi connectivity index (χ2v) is 6.40. The minimum atomic E-state index is -1.21. The molecule has 1 heterocycles. The molecule has 1 saturated heterocycles. The Morgan fingerprint density at radius 3 is 2.21 bits per heavy atom. The molecule has 1 aliphatic rings. The normalized spacial score (nSPS) is 18.7. The highest BCUT2D eigenvalue weighted by Gasteiger charge is 2.51. The summed E-state index contributed by atoms with van der Waals surface area (Å²) in [5.41, 5.74) is -0.149. The monoisotopic (exact) mass is 380 g/mol. The molecule has 0 radical (unpaired) electrons. The number of hydrogen-bond donors (Lipinski definition) is 1. The average molecular weight is 380 g/mol. The molecule has 144 valence electrons. The Balaban J connectivity index is 1.65. The standard InChI is InChI=1S/C21H20N2O5/c1-2-21(16-11-7-4-8-12-16)19(26)23(20(27)22-21)13-18(25)28-14-17(24)15-9-5-3-6-10-15/h3-12H,2,13-14H2,1H3,(H,22,27). The Morgan fingerprint density at radius 1 is 1.00 bits per heavy atom. The largest absolute Gasteiger partial charge is 0.456 e. The second kappa shape index (κ2) is 8.04. The Bertz CT molecular complexity index is 898. The number of benzene rings is 2. The van der Waals surface area contributed by atoms with Gasteiger partial charge in [0.05, 0.1) is 0 Å².